The van der Waals surface area contributed by atoms with E-state index in [0.717, 1.165) is 39.1 Å². The van der Waals surface area contributed by atoms with Gasteiger partial charge in [0.05, 0.1) is 17.1 Å². The van der Waals surface area contributed by atoms with Crippen LogP contribution in [0.3, 0.4) is 0 Å². The van der Waals surface area contributed by atoms with Gasteiger partial charge in [0, 0.05) is 21.8 Å². The van der Waals surface area contributed by atoms with Gasteiger partial charge in [0.2, 0.25) is 0 Å². The number of benzene rings is 1. The molecule has 3 N–H and O–H groups in total. The quantitative estimate of drug-likeness (QED) is 0.500. The SMILES string of the molecule is Cc1cccc(-c2[nH]c(C)nc2-c2ccc(N)c(S)c2)n1. The molecule has 2 heterocycles. The minimum atomic E-state index is 0.657. The molecule has 0 saturated carbocycles. The van der Waals surface area contributed by atoms with Crippen LogP contribution in [0, 0.1) is 13.8 Å². The molecule has 0 aliphatic carbocycles. The van der Waals surface area contributed by atoms with Crippen molar-refractivity contribution in [1.82, 2.24) is 15.0 Å². The summed E-state index contributed by atoms with van der Waals surface area (Å²) in [6.07, 6.45) is 0. The number of aromatic nitrogens is 3. The van der Waals surface area contributed by atoms with Crippen LogP contribution in [-0.4, -0.2) is 15.0 Å². The molecule has 4 nitrogen and oxygen atoms in total. The molecule has 106 valence electrons. The molecule has 2 aromatic heterocycles. The molecule has 0 aliphatic rings. The van der Waals surface area contributed by atoms with Crippen molar-refractivity contribution in [2.45, 2.75) is 18.7 Å². The highest BCUT2D eigenvalue weighted by Crippen LogP contribution is 2.31. The number of thiol groups is 1. The van der Waals surface area contributed by atoms with Crippen molar-refractivity contribution in [3.63, 3.8) is 0 Å². The van der Waals surface area contributed by atoms with Gasteiger partial charge in [-0.1, -0.05) is 12.1 Å². The number of rotatable bonds is 2. The highest BCUT2D eigenvalue weighted by Gasteiger charge is 2.14. The molecule has 0 atom stereocenters. The van der Waals surface area contributed by atoms with Crippen LogP contribution in [0.1, 0.15) is 11.5 Å². The number of pyridine rings is 1. The van der Waals surface area contributed by atoms with Gasteiger partial charge in [-0.2, -0.15) is 0 Å². The average Bonchev–Trinajstić information content (AvgIpc) is 2.84. The number of hydrogen-bond donors (Lipinski definition) is 3. The van der Waals surface area contributed by atoms with Crippen LogP contribution in [0.4, 0.5) is 5.69 Å². The number of H-pyrrole nitrogens is 1. The largest absolute Gasteiger partial charge is 0.398 e. The van der Waals surface area contributed by atoms with E-state index in [9.17, 15) is 0 Å². The average molecular weight is 296 g/mol. The summed E-state index contributed by atoms with van der Waals surface area (Å²) in [5, 5.41) is 0. The third-order valence-electron chi connectivity index (χ3n) is 3.27. The number of aryl methyl sites for hydroxylation is 2. The van der Waals surface area contributed by atoms with Crippen molar-refractivity contribution >= 4 is 18.3 Å². The van der Waals surface area contributed by atoms with Crippen LogP contribution in [0.5, 0.6) is 0 Å². The molecule has 0 aliphatic heterocycles. The lowest BCUT2D eigenvalue weighted by Gasteiger charge is -2.05. The molecule has 0 bridgehead atoms. The molecule has 3 rings (SSSR count). The van der Waals surface area contributed by atoms with E-state index >= 15 is 0 Å². The Bertz CT molecular complexity index is 808. The maximum absolute atomic E-state index is 5.82. The number of imidazole rings is 1. The van der Waals surface area contributed by atoms with Crippen molar-refractivity contribution in [1.29, 1.82) is 0 Å². The molecule has 0 fully saturated rings. The zero-order chi connectivity index (χ0) is 15.0. The van der Waals surface area contributed by atoms with Gasteiger partial charge < -0.3 is 10.7 Å². The van der Waals surface area contributed by atoms with E-state index in [-0.39, 0.29) is 0 Å². The Hall–Kier alpha value is -2.27. The predicted molar refractivity (Wildman–Crippen MR) is 88.4 cm³/mol. The number of hydrogen-bond acceptors (Lipinski definition) is 4. The number of nitrogen functional groups attached to an aromatic ring is 1. The van der Waals surface area contributed by atoms with Crippen molar-refractivity contribution in [3.8, 4) is 22.6 Å². The second-order valence-corrected chi connectivity index (χ2v) is 5.47. The molecule has 3 aromatic rings. The van der Waals surface area contributed by atoms with E-state index in [1.807, 2.05) is 50.2 Å². The van der Waals surface area contributed by atoms with E-state index in [1.165, 1.54) is 0 Å². The molecule has 1 aromatic carbocycles. The second-order valence-electron chi connectivity index (χ2n) is 4.98. The first-order valence-corrected chi connectivity index (χ1v) is 7.09. The van der Waals surface area contributed by atoms with E-state index < -0.39 is 0 Å². The van der Waals surface area contributed by atoms with Gasteiger partial charge in [-0.3, -0.25) is 4.98 Å². The van der Waals surface area contributed by atoms with Gasteiger partial charge in [0.1, 0.15) is 5.82 Å². The molecular weight excluding hydrogens is 280 g/mol. The van der Waals surface area contributed by atoms with Crippen molar-refractivity contribution in [2.75, 3.05) is 5.73 Å². The standard InChI is InChI=1S/C16H16N4S/c1-9-4-3-5-13(18-9)16-15(19-10(2)20-16)11-6-7-12(17)14(21)8-11/h3-8,21H,17H2,1-2H3,(H,19,20). The zero-order valence-corrected chi connectivity index (χ0v) is 12.8. The molecule has 21 heavy (non-hydrogen) atoms. The minimum absolute atomic E-state index is 0.657. The summed E-state index contributed by atoms with van der Waals surface area (Å²) in [6.45, 7) is 3.91. The molecular formula is C16H16N4S. The monoisotopic (exact) mass is 296 g/mol. The zero-order valence-electron chi connectivity index (χ0n) is 11.9. The lowest BCUT2D eigenvalue weighted by Crippen LogP contribution is -1.91. The number of nitrogens with zero attached hydrogens (tertiary/aromatic N) is 2. The number of anilines is 1. The maximum atomic E-state index is 5.82. The molecule has 0 radical (unpaired) electrons. The lowest BCUT2D eigenvalue weighted by atomic mass is 10.1. The van der Waals surface area contributed by atoms with Crippen LogP contribution >= 0.6 is 12.6 Å². The Morgan fingerprint density at radius 1 is 1.10 bits per heavy atom. The number of nitrogens with one attached hydrogen (secondary N) is 1. The number of nitrogens with two attached hydrogens (primary N) is 1. The van der Waals surface area contributed by atoms with Gasteiger partial charge in [0.15, 0.2) is 0 Å². The summed E-state index contributed by atoms with van der Waals surface area (Å²) in [5.41, 5.74) is 11.1. The third-order valence-corrected chi connectivity index (χ3v) is 3.66. The van der Waals surface area contributed by atoms with E-state index in [4.69, 9.17) is 5.73 Å². The Morgan fingerprint density at radius 3 is 2.62 bits per heavy atom. The van der Waals surface area contributed by atoms with Crippen molar-refractivity contribution in [2.24, 2.45) is 0 Å². The van der Waals surface area contributed by atoms with Crippen molar-refractivity contribution in [3.05, 3.63) is 47.9 Å². The summed E-state index contributed by atoms with van der Waals surface area (Å²) in [6, 6.07) is 11.7. The Balaban J connectivity index is 2.17. The van der Waals surface area contributed by atoms with Crippen LogP contribution in [0.25, 0.3) is 22.6 Å². The van der Waals surface area contributed by atoms with Crippen LogP contribution < -0.4 is 5.73 Å². The van der Waals surface area contributed by atoms with Crippen molar-refractivity contribution < 1.29 is 0 Å². The molecule has 0 spiro atoms. The lowest BCUT2D eigenvalue weighted by molar-refractivity contribution is 1.14. The fourth-order valence-electron chi connectivity index (χ4n) is 2.26. The smallest absolute Gasteiger partial charge is 0.104 e. The fourth-order valence-corrected chi connectivity index (χ4v) is 2.47. The summed E-state index contributed by atoms with van der Waals surface area (Å²) in [7, 11) is 0. The summed E-state index contributed by atoms with van der Waals surface area (Å²) < 4.78 is 0. The predicted octanol–water partition coefficient (Wildman–Crippen LogP) is 3.63. The molecule has 0 saturated heterocycles. The second kappa shape index (κ2) is 5.26. The molecule has 5 heteroatoms. The van der Waals surface area contributed by atoms with Gasteiger partial charge in [-0.25, -0.2) is 4.98 Å². The van der Waals surface area contributed by atoms with Gasteiger partial charge in [-0.05, 0) is 38.1 Å². The third kappa shape index (κ3) is 2.64. The van der Waals surface area contributed by atoms with Crippen LogP contribution in [0.15, 0.2) is 41.3 Å². The van der Waals surface area contributed by atoms with Gasteiger partial charge in [-0.15, -0.1) is 12.6 Å². The van der Waals surface area contributed by atoms with Crippen LogP contribution in [0.2, 0.25) is 0 Å². The summed E-state index contributed by atoms with van der Waals surface area (Å²) in [4.78, 5) is 13.2. The molecule has 0 amide bonds. The Morgan fingerprint density at radius 2 is 1.90 bits per heavy atom. The Labute approximate surface area is 128 Å². The minimum Gasteiger partial charge on any atom is -0.398 e. The first kappa shape index (κ1) is 13.7. The summed E-state index contributed by atoms with van der Waals surface area (Å²) in [5.74, 6) is 0.848. The topological polar surface area (TPSA) is 67.6 Å². The fraction of sp³-hybridized carbons (Fsp3) is 0.125. The van der Waals surface area contributed by atoms with Crippen LogP contribution in [-0.2, 0) is 0 Å². The van der Waals surface area contributed by atoms with E-state index in [1.54, 1.807) is 0 Å². The first-order valence-electron chi connectivity index (χ1n) is 6.64. The first-order chi connectivity index (χ1) is 10.0. The molecule has 0 unspecified atom stereocenters. The van der Waals surface area contributed by atoms with Gasteiger partial charge >= 0.3 is 0 Å². The highest BCUT2D eigenvalue weighted by atomic mass is 32.1. The van der Waals surface area contributed by atoms with Gasteiger partial charge in [0.25, 0.3) is 0 Å². The van der Waals surface area contributed by atoms with E-state index in [0.29, 0.717) is 5.69 Å². The number of aromatic amines is 1. The maximum Gasteiger partial charge on any atom is 0.104 e. The normalized spacial score (nSPS) is 10.8. The van der Waals surface area contributed by atoms with E-state index in [2.05, 4.69) is 27.6 Å². The Kier molecular flexibility index (Phi) is 3.43. The highest BCUT2D eigenvalue weighted by molar-refractivity contribution is 7.80. The summed E-state index contributed by atoms with van der Waals surface area (Å²) >= 11 is 4.38.